The van der Waals surface area contributed by atoms with E-state index in [0.717, 1.165) is 50.2 Å². The Balaban J connectivity index is 1.54. The van der Waals surface area contributed by atoms with Crippen LogP contribution in [0.25, 0.3) is 10.9 Å². The van der Waals surface area contributed by atoms with Gasteiger partial charge in [0.1, 0.15) is 17.6 Å². The normalized spacial score (nSPS) is 16.0. The number of anilines is 1. The predicted octanol–water partition coefficient (Wildman–Crippen LogP) is 2.82. The average molecular weight is 330 g/mol. The standard InChI is InChI=1S/C17H16F2N4O/c18-12-9-14-16(1-3-20-17(14)15(19)10-12)23-6-4-22(5-7-23)11-13-2-8-24-21-13/h1-3,8-10H,4-7,11H2. The Morgan fingerprint density at radius 3 is 2.67 bits per heavy atom. The number of hydrogen-bond acceptors (Lipinski definition) is 5. The molecule has 0 spiro atoms. The molecule has 124 valence electrons. The molecule has 3 heterocycles. The van der Waals surface area contributed by atoms with Crippen LogP contribution in [0.1, 0.15) is 5.69 Å². The third kappa shape index (κ3) is 2.82. The number of piperazine rings is 1. The van der Waals surface area contributed by atoms with Gasteiger partial charge in [0.05, 0.1) is 5.69 Å². The van der Waals surface area contributed by atoms with Crippen molar-refractivity contribution in [2.75, 3.05) is 31.1 Å². The van der Waals surface area contributed by atoms with Crippen LogP contribution in [0.3, 0.4) is 0 Å². The molecule has 0 amide bonds. The second-order valence-corrected chi connectivity index (χ2v) is 5.87. The topological polar surface area (TPSA) is 45.4 Å². The van der Waals surface area contributed by atoms with Crippen molar-refractivity contribution in [3.8, 4) is 0 Å². The summed E-state index contributed by atoms with van der Waals surface area (Å²) in [6, 6.07) is 5.89. The summed E-state index contributed by atoms with van der Waals surface area (Å²) in [7, 11) is 0. The molecule has 3 aromatic rings. The summed E-state index contributed by atoms with van der Waals surface area (Å²) in [5, 5.41) is 4.44. The second-order valence-electron chi connectivity index (χ2n) is 5.87. The predicted molar refractivity (Wildman–Crippen MR) is 85.7 cm³/mol. The molecule has 24 heavy (non-hydrogen) atoms. The highest BCUT2D eigenvalue weighted by molar-refractivity contribution is 5.92. The fraction of sp³-hybridized carbons (Fsp3) is 0.294. The van der Waals surface area contributed by atoms with Gasteiger partial charge in [0, 0.05) is 62.1 Å². The van der Waals surface area contributed by atoms with Gasteiger partial charge in [-0.2, -0.15) is 0 Å². The zero-order valence-electron chi connectivity index (χ0n) is 13.0. The number of nitrogens with zero attached hydrogens (tertiary/aromatic N) is 4. The van der Waals surface area contributed by atoms with E-state index in [-0.39, 0.29) is 5.52 Å². The zero-order chi connectivity index (χ0) is 16.5. The Kier molecular flexibility index (Phi) is 3.86. The van der Waals surface area contributed by atoms with Crippen LogP contribution in [-0.4, -0.2) is 41.2 Å². The molecule has 4 rings (SSSR count). The van der Waals surface area contributed by atoms with Crippen molar-refractivity contribution < 1.29 is 13.3 Å². The Labute approximate surface area is 137 Å². The molecule has 1 saturated heterocycles. The van der Waals surface area contributed by atoms with E-state index in [2.05, 4.69) is 19.9 Å². The van der Waals surface area contributed by atoms with Crippen LogP contribution in [0.15, 0.2) is 41.2 Å². The minimum Gasteiger partial charge on any atom is -0.368 e. The number of aromatic nitrogens is 2. The molecule has 1 aliphatic heterocycles. The van der Waals surface area contributed by atoms with Gasteiger partial charge in [0.2, 0.25) is 0 Å². The van der Waals surface area contributed by atoms with Gasteiger partial charge < -0.3 is 9.42 Å². The quantitative estimate of drug-likeness (QED) is 0.739. The van der Waals surface area contributed by atoms with E-state index in [4.69, 9.17) is 4.52 Å². The van der Waals surface area contributed by atoms with Crippen LogP contribution < -0.4 is 4.90 Å². The molecule has 1 aliphatic rings. The molecular weight excluding hydrogens is 314 g/mol. The van der Waals surface area contributed by atoms with Gasteiger partial charge in [-0.25, -0.2) is 8.78 Å². The molecule has 1 fully saturated rings. The van der Waals surface area contributed by atoms with Crippen LogP contribution in [0, 0.1) is 11.6 Å². The van der Waals surface area contributed by atoms with Crippen LogP contribution in [-0.2, 0) is 6.54 Å². The minimum absolute atomic E-state index is 0.207. The lowest BCUT2D eigenvalue weighted by atomic mass is 10.1. The second kappa shape index (κ2) is 6.16. The Hall–Kier alpha value is -2.54. The van der Waals surface area contributed by atoms with Crippen molar-refractivity contribution in [1.82, 2.24) is 15.0 Å². The lowest BCUT2D eigenvalue weighted by Gasteiger charge is -2.36. The van der Waals surface area contributed by atoms with E-state index in [1.54, 1.807) is 12.5 Å². The third-order valence-electron chi connectivity index (χ3n) is 4.33. The minimum atomic E-state index is -0.628. The van der Waals surface area contributed by atoms with Gasteiger partial charge in [-0.1, -0.05) is 5.16 Å². The molecule has 0 radical (unpaired) electrons. The first kappa shape index (κ1) is 15.0. The average Bonchev–Trinajstić information content (AvgIpc) is 3.08. The largest absolute Gasteiger partial charge is 0.368 e. The van der Waals surface area contributed by atoms with Crippen molar-refractivity contribution in [1.29, 1.82) is 0 Å². The molecule has 0 unspecified atom stereocenters. The number of fused-ring (bicyclic) bond motifs is 1. The Morgan fingerprint density at radius 2 is 1.92 bits per heavy atom. The Morgan fingerprint density at radius 1 is 1.08 bits per heavy atom. The number of pyridine rings is 1. The van der Waals surface area contributed by atoms with Gasteiger partial charge in [-0.05, 0) is 12.1 Å². The maximum atomic E-state index is 13.9. The molecule has 0 aliphatic carbocycles. The summed E-state index contributed by atoms with van der Waals surface area (Å²) < 4.78 is 32.4. The summed E-state index contributed by atoms with van der Waals surface area (Å²) in [6.45, 7) is 3.97. The van der Waals surface area contributed by atoms with E-state index < -0.39 is 11.6 Å². The maximum Gasteiger partial charge on any atom is 0.152 e. The summed E-state index contributed by atoms with van der Waals surface area (Å²) in [5.74, 6) is -1.21. The first-order valence-corrected chi connectivity index (χ1v) is 7.81. The van der Waals surface area contributed by atoms with Crippen molar-refractivity contribution in [3.63, 3.8) is 0 Å². The van der Waals surface area contributed by atoms with E-state index in [1.165, 1.54) is 6.07 Å². The highest BCUT2D eigenvalue weighted by Crippen LogP contribution is 2.28. The zero-order valence-corrected chi connectivity index (χ0v) is 13.0. The van der Waals surface area contributed by atoms with Gasteiger partial charge in [0.15, 0.2) is 5.82 Å². The van der Waals surface area contributed by atoms with Gasteiger partial charge in [-0.15, -0.1) is 0 Å². The maximum absolute atomic E-state index is 13.9. The van der Waals surface area contributed by atoms with Crippen LogP contribution in [0.5, 0.6) is 0 Å². The van der Waals surface area contributed by atoms with E-state index in [1.807, 2.05) is 12.1 Å². The number of hydrogen-bond donors (Lipinski definition) is 0. The van der Waals surface area contributed by atoms with Gasteiger partial charge >= 0.3 is 0 Å². The van der Waals surface area contributed by atoms with Crippen LogP contribution in [0.4, 0.5) is 14.5 Å². The highest BCUT2D eigenvalue weighted by atomic mass is 19.1. The number of halogens is 2. The van der Waals surface area contributed by atoms with Crippen LogP contribution >= 0.6 is 0 Å². The smallest absolute Gasteiger partial charge is 0.152 e. The van der Waals surface area contributed by atoms with Gasteiger partial charge in [-0.3, -0.25) is 9.88 Å². The molecule has 7 heteroatoms. The highest BCUT2D eigenvalue weighted by Gasteiger charge is 2.20. The lowest BCUT2D eigenvalue weighted by molar-refractivity contribution is 0.242. The monoisotopic (exact) mass is 330 g/mol. The van der Waals surface area contributed by atoms with E-state index in [0.29, 0.717) is 5.39 Å². The number of benzene rings is 1. The summed E-state index contributed by atoms with van der Waals surface area (Å²) in [6.07, 6.45) is 3.14. The van der Waals surface area contributed by atoms with E-state index >= 15 is 0 Å². The van der Waals surface area contributed by atoms with Crippen molar-refractivity contribution in [3.05, 3.63) is 54.1 Å². The SMILES string of the molecule is Fc1cc(F)c2nccc(N3CCN(Cc4ccon4)CC3)c2c1. The molecule has 5 nitrogen and oxygen atoms in total. The van der Waals surface area contributed by atoms with Gasteiger partial charge in [0.25, 0.3) is 0 Å². The molecule has 0 saturated carbocycles. The fourth-order valence-corrected chi connectivity index (χ4v) is 3.14. The molecule has 2 aromatic heterocycles. The first-order chi connectivity index (χ1) is 11.7. The summed E-state index contributed by atoms with van der Waals surface area (Å²) >= 11 is 0. The lowest BCUT2D eigenvalue weighted by Crippen LogP contribution is -2.46. The fourth-order valence-electron chi connectivity index (χ4n) is 3.14. The van der Waals surface area contributed by atoms with Crippen molar-refractivity contribution in [2.24, 2.45) is 0 Å². The molecule has 0 bridgehead atoms. The molecular formula is C17H16F2N4O. The third-order valence-corrected chi connectivity index (χ3v) is 4.33. The summed E-state index contributed by atoms with van der Waals surface area (Å²) in [5.41, 5.74) is 1.93. The Bertz CT molecular complexity index is 845. The van der Waals surface area contributed by atoms with E-state index in [9.17, 15) is 8.78 Å². The first-order valence-electron chi connectivity index (χ1n) is 7.81. The molecule has 0 atom stereocenters. The van der Waals surface area contributed by atoms with Crippen molar-refractivity contribution in [2.45, 2.75) is 6.54 Å². The molecule has 0 N–H and O–H groups in total. The molecule has 1 aromatic carbocycles. The summed E-state index contributed by atoms with van der Waals surface area (Å²) in [4.78, 5) is 8.46. The van der Waals surface area contributed by atoms with Crippen LogP contribution in [0.2, 0.25) is 0 Å². The number of rotatable bonds is 3. The van der Waals surface area contributed by atoms with Crippen molar-refractivity contribution >= 4 is 16.6 Å².